The monoisotopic (exact) mass is 338 g/mol. The number of rotatable bonds is 5. The maximum Gasteiger partial charge on any atom is 0.344 e. The van der Waals surface area contributed by atoms with E-state index in [2.05, 4.69) is 0 Å². The summed E-state index contributed by atoms with van der Waals surface area (Å²) in [7, 11) is 0. The zero-order chi connectivity index (χ0) is 17.8. The highest BCUT2D eigenvalue weighted by molar-refractivity contribution is 5.82. The van der Waals surface area contributed by atoms with E-state index in [1.54, 1.807) is 25.1 Å². The quantitative estimate of drug-likeness (QED) is 0.664. The number of carbonyl (C=O) groups is 1. The molecule has 0 saturated carbocycles. The van der Waals surface area contributed by atoms with Crippen molar-refractivity contribution in [1.82, 2.24) is 0 Å². The molecule has 2 aromatic carbocycles. The SMILES string of the molecule is CCOC(=O)COc1ccc2c(=O)c(-c3ccc(C)cc3)coc2c1. The zero-order valence-electron chi connectivity index (χ0n) is 14.1. The Morgan fingerprint density at radius 3 is 2.60 bits per heavy atom. The molecule has 0 N–H and O–H groups in total. The van der Waals surface area contributed by atoms with Crippen molar-refractivity contribution < 1.29 is 18.7 Å². The number of ether oxygens (including phenoxy) is 2. The lowest BCUT2D eigenvalue weighted by atomic mass is 10.0. The van der Waals surface area contributed by atoms with Crippen LogP contribution in [0.2, 0.25) is 0 Å². The molecule has 5 nitrogen and oxygen atoms in total. The predicted molar refractivity (Wildman–Crippen MR) is 94.8 cm³/mol. The molecule has 0 fully saturated rings. The first kappa shape index (κ1) is 16.8. The molecule has 0 atom stereocenters. The van der Waals surface area contributed by atoms with Gasteiger partial charge in [-0.2, -0.15) is 0 Å². The summed E-state index contributed by atoms with van der Waals surface area (Å²) in [6, 6.07) is 12.6. The lowest BCUT2D eigenvalue weighted by Gasteiger charge is -2.07. The van der Waals surface area contributed by atoms with E-state index in [1.807, 2.05) is 31.2 Å². The van der Waals surface area contributed by atoms with Gasteiger partial charge in [-0.1, -0.05) is 29.8 Å². The Kier molecular flexibility index (Phi) is 4.84. The first-order valence-electron chi connectivity index (χ1n) is 7.99. The highest BCUT2D eigenvalue weighted by atomic mass is 16.6. The second-order valence-electron chi connectivity index (χ2n) is 5.60. The Hall–Kier alpha value is -3.08. The predicted octanol–water partition coefficient (Wildman–Crippen LogP) is 3.71. The van der Waals surface area contributed by atoms with Gasteiger partial charge in [0.15, 0.2) is 12.0 Å². The first-order valence-corrected chi connectivity index (χ1v) is 7.99. The summed E-state index contributed by atoms with van der Waals surface area (Å²) in [4.78, 5) is 24.0. The van der Waals surface area contributed by atoms with Crippen LogP contribution in [0.25, 0.3) is 22.1 Å². The van der Waals surface area contributed by atoms with E-state index in [9.17, 15) is 9.59 Å². The van der Waals surface area contributed by atoms with Crippen LogP contribution in [0.4, 0.5) is 0 Å². The van der Waals surface area contributed by atoms with Gasteiger partial charge in [0.25, 0.3) is 0 Å². The Morgan fingerprint density at radius 1 is 1.12 bits per heavy atom. The molecule has 0 saturated heterocycles. The minimum atomic E-state index is -0.446. The molecule has 0 aliphatic rings. The van der Waals surface area contributed by atoms with Gasteiger partial charge < -0.3 is 13.9 Å². The van der Waals surface area contributed by atoms with Crippen molar-refractivity contribution in [3.05, 3.63) is 64.5 Å². The standard InChI is InChI=1S/C20H18O5/c1-3-23-19(21)12-24-15-8-9-16-18(10-15)25-11-17(20(16)22)14-6-4-13(2)5-7-14/h4-11H,3,12H2,1-2H3. The summed E-state index contributed by atoms with van der Waals surface area (Å²) in [5, 5.41) is 0.460. The normalized spacial score (nSPS) is 10.6. The second-order valence-corrected chi connectivity index (χ2v) is 5.60. The smallest absolute Gasteiger partial charge is 0.344 e. The van der Waals surface area contributed by atoms with E-state index in [0.717, 1.165) is 11.1 Å². The Morgan fingerprint density at radius 2 is 1.88 bits per heavy atom. The number of fused-ring (bicyclic) bond motifs is 1. The van der Waals surface area contributed by atoms with Crippen molar-refractivity contribution in [2.45, 2.75) is 13.8 Å². The average Bonchev–Trinajstić information content (AvgIpc) is 2.61. The lowest BCUT2D eigenvalue weighted by Crippen LogP contribution is -2.14. The van der Waals surface area contributed by atoms with Crippen LogP contribution in [0.15, 0.2) is 57.9 Å². The molecule has 1 heterocycles. The molecule has 0 amide bonds. The largest absolute Gasteiger partial charge is 0.482 e. The van der Waals surface area contributed by atoms with Crippen LogP contribution in [-0.4, -0.2) is 19.2 Å². The number of aryl methyl sites for hydroxylation is 1. The maximum atomic E-state index is 12.7. The van der Waals surface area contributed by atoms with E-state index in [4.69, 9.17) is 13.9 Å². The molecule has 0 bridgehead atoms. The first-order chi connectivity index (χ1) is 12.1. The van der Waals surface area contributed by atoms with Gasteiger partial charge in [0, 0.05) is 6.07 Å². The molecule has 0 spiro atoms. The summed E-state index contributed by atoms with van der Waals surface area (Å²) in [6.07, 6.45) is 1.45. The van der Waals surface area contributed by atoms with Crippen LogP contribution in [0.1, 0.15) is 12.5 Å². The number of esters is 1. The van der Waals surface area contributed by atoms with Gasteiger partial charge in [0.2, 0.25) is 0 Å². The van der Waals surface area contributed by atoms with Crippen molar-refractivity contribution in [3.63, 3.8) is 0 Å². The third-order valence-corrected chi connectivity index (χ3v) is 3.77. The van der Waals surface area contributed by atoms with Crippen LogP contribution in [0, 0.1) is 6.92 Å². The molecule has 25 heavy (non-hydrogen) atoms. The Labute approximate surface area is 144 Å². The maximum absolute atomic E-state index is 12.7. The number of benzene rings is 2. The number of hydrogen-bond acceptors (Lipinski definition) is 5. The summed E-state index contributed by atoms with van der Waals surface area (Å²) in [5.41, 5.74) is 2.73. The third kappa shape index (κ3) is 3.71. The molecule has 5 heteroatoms. The highest BCUT2D eigenvalue weighted by Gasteiger charge is 2.11. The molecule has 0 radical (unpaired) electrons. The van der Waals surface area contributed by atoms with E-state index < -0.39 is 5.97 Å². The molecular formula is C20H18O5. The van der Waals surface area contributed by atoms with Gasteiger partial charge in [-0.15, -0.1) is 0 Å². The van der Waals surface area contributed by atoms with E-state index in [0.29, 0.717) is 28.9 Å². The molecule has 3 rings (SSSR count). The van der Waals surface area contributed by atoms with Gasteiger partial charge in [0.1, 0.15) is 17.6 Å². The molecule has 128 valence electrons. The summed E-state index contributed by atoms with van der Waals surface area (Å²) < 4.78 is 15.8. The lowest BCUT2D eigenvalue weighted by molar-refractivity contribution is -0.145. The van der Waals surface area contributed by atoms with Crippen LogP contribution < -0.4 is 10.2 Å². The second kappa shape index (κ2) is 7.21. The average molecular weight is 338 g/mol. The van der Waals surface area contributed by atoms with Crippen molar-refractivity contribution in [1.29, 1.82) is 0 Å². The molecule has 0 unspecified atom stereocenters. The van der Waals surface area contributed by atoms with Crippen molar-refractivity contribution in [3.8, 4) is 16.9 Å². The minimum absolute atomic E-state index is 0.109. The van der Waals surface area contributed by atoms with Crippen LogP contribution in [0.3, 0.4) is 0 Å². The van der Waals surface area contributed by atoms with E-state index >= 15 is 0 Å². The van der Waals surface area contributed by atoms with E-state index in [1.165, 1.54) is 6.26 Å². The fourth-order valence-corrected chi connectivity index (χ4v) is 2.48. The molecule has 0 aliphatic heterocycles. The molecule has 1 aromatic heterocycles. The minimum Gasteiger partial charge on any atom is -0.482 e. The van der Waals surface area contributed by atoms with Crippen LogP contribution in [0.5, 0.6) is 5.75 Å². The van der Waals surface area contributed by atoms with Crippen molar-refractivity contribution >= 4 is 16.9 Å². The number of carbonyl (C=O) groups excluding carboxylic acids is 1. The van der Waals surface area contributed by atoms with Crippen molar-refractivity contribution in [2.24, 2.45) is 0 Å². The van der Waals surface area contributed by atoms with Gasteiger partial charge in [-0.05, 0) is 31.5 Å². The Balaban J connectivity index is 1.90. The number of hydrogen-bond donors (Lipinski definition) is 0. The van der Waals surface area contributed by atoms with Crippen LogP contribution in [-0.2, 0) is 9.53 Å². The van der Waals surface area contributed by atoms with E-state index in [-0.39, 0.29) is 12.0 Å². The molecular weight excluding hydrogens is 320 g/mol. The van der Waals surface area contributed by atoms with Gasteiger partial charge in [-0.25, -0.2) is 4.79 Å². The van der Waals surface area contributed by atoms with Crippen LogP contribution >= 0.6 is 0 Å². The molecule has 0 aliphatic carbocycles. The van der Waals surface area contributed by atoms with Gasteiger partial charge in [-0.3, -0.25) is 4.79 Å². The summed E-state index contributed by atoms with van der Waals surface area (Å²) in [5.74, 6) is -0.00874. The zero-order valence-corrected chi connectivity index (χ0v) is 14.1. The summed E-state index contributed by atoms with van der Waals surface area (Å²) in [6.45, 7) is 3.83. The fourth-order valence-electron chi connectivity index (χ4n) is 2.48. The van der Waals surface area contributed by atoms with Crippen molar-refractivity contribution in [2.75, 3.05) is 13.2 Å². The fraction of sp³-hybridized carbons (Fsp3) is 0.200. The summed E-state index contributed by atoms with van der Waals surface area (Å²) >= 11 is 0. The topological polar surface area (TPSA) is 65.7 Å². The third-order valence-electron chi connectivity index (χ3n) is 3.77. The molecule has 3 aromatic rings. The Bertz CT molecular complexity index is 954. The van der Waals surface area contributed by atoms with Gasteiger partial charge in [0.05, 0.1) is 17.6 Å². The highest BCUT2D eigenvalue weighted by Crippen LogP contribution is 2.23. The van der Waals surface area contributed by atoms with Gasteiger partial charge >= 0.3 is 5.97 Å².